The van der Waals surface area contributed by atoms with Crippen LogP contribution in [0.25, 0.3) is 0 Å². The summed E-state index contributed by atoms with van der Waals surface area (Å²) in [6, 6.07) is 2.62. The molecule has 5 nitrogen and oxygen atoms in total. The first kappa shape index (κ1) is 10.0. The minimum atomic E-state index is -0.567. The summed E-state index contributed by atoms with van der Waals surface area (Å²) in [6.07, 6.45) is -0.324. The van der Waals surface area contributed by atoms with Crippen LogP contribution in [0, 0.1) is 17.0 Å². The lowest BCUT2D eigenvalue weighted by Crippen LogP contribution is -2.26. The molecule has 1 aromatic carbocycles. The Labute approximate surface area is 90.7 Å². The van der Waals surface area contributed by atoms with Crippen LogP contribution in [0.15, 0.2) is 12.1 Å². The maximum atomic E-state index is 10.6. The molecular weight excluding hydrogens is 222 g/mol. The molecule has 0 fully saturated rings. The molecule has 0 spiro atoms. The third-order valence-corrected chi connectivity index (χ3v) is 2.23. The molecule has 0 unspecified atom stereocenters. The van der Waals surface area contributed by atoms with Gasteiger partial charge >= 0.3 is 0 Å². The molecule has 0 amide bonds. The molecule has 1 aromatic rings. The monoisotopic (exact) mass is 228 g/mol. The highest BCUT2D eigenvalue weighted by Gasteiger charge is 2.23. The Morgan fingerprint density at radius 3 is 2.93 bits per heavy atom. The fourth-order valence-corrected chi connectivity index (χ4v) is 1.49. The van der Waals surface area contributed by atoms with Crippen LogP contribution in [0.1, 0.15) is 0 Å². The van der Waals surface area contributed by atoms with Gasteiger partial charge < -0.3 is 9.47 Å². The smallest absolute Gasteiger partial charge is 0.291 e. The molecule has 2 rings (SSSR count). The van der Waals surface area contributed by atoms with Gasteiger partial charge in [-0.05, 0) is 6.92 Å². The van der Waals surface area contributed by atoms with Gasteiger partial charge in [-0.3, -0.25) is 10.1 Å². The molecule has 0 aromatic heterocycles. The number of nitro groups is 1. The SMILES string of the molecule is [CH2][C@@H]1COc2cc([N+](=O)[O-])c(Cl)cc2O1. The molecule has 0 saturated heterocycles. The molecule has 6 heteroatoms. The van der Waals surface area contributed by atoms with Crippen molar-refractivity contribution in [3.63, 3.8) is 0 Å². The van der Waals surface area contributed by atoms with Crippen LogP contribution >= 0.6 is 11.6 Å². The number of hydrogen-bond acceptors (Lipinski definition) is 4. The highest BCUT2D eigenvalue weighted by Crippen LogP contribution is 2.39. The van der Waals surface area contributed by atoms with Gasteiger partial charge in [0.15, 0.2) is 11.5 Å². The third kappa shape index (κ3) is 1.83. The molecule has 15 heavy (non-hydrogen) atoms. The molecule has 1 radical (unpaired) electrons. The van der Waals surface area contributed by atoms with Crippen molar-refractivity contribution in [1.29, 1.82) is 0 Å². The summed E-state index contributed by atoms with van der Waals surface area (Å²) in [4.78, 5) is 10.0. The summed E-state index contributed by atoms with van der Waals surface area (Å²) < 4.78 is 10.5. The Hall–Kier alpha value is -1.49. The van der Waals surface area contributed by atoms with Crippen molar-refractivity contribution in [3.8, 4) is 11.5 Å². The first-order chi connectivity index (χ1) is 7.08. The van der Waals surface area contributed by atoms with Crippen molar-refractivity contribution in [2.24, 2.45) is 0 Å². The van der Waals surface area contributed by atoms with E-state index in [4.69, 9.17) is 21.1 Å². The van der Waals surface area contributed by atoms with E-state index >= 15 is 0 Å². The number of halogens is 1. The van der Waals surface area contributed by atoms with Gasteiger partial charge in [0, 0.05) is 6.07 Å². The minimum Gasteiger partial charge on any atom is -0.486 e. The largest absolute Gasteiger partial charge is 0.486 e. The van der Waals surface area contributed by atoms with E-state index in [9.17, 15) is 10.1 Å². The molecule has 0 N–H and O–H groups in total. The molecule has 1 aliphatic rings. The van der Waals surface area contributed by atoms with Gasteiger partial charge in [0.2, 0.25) is 0 Å². The standard InChI is InChI=1S/C9H7ClNO4/c1-5-4-14-8-3-7(11(12)13)6(10)2-9(8)15-5/h2-3,5H,1,4H2/t5-/m1/s1. The van der Waals surface area contributed by atoms with E-state index in [1.807, 2.05) is 0 Å². The number of hydrogen-bond donors (Lipinski definition) is 0. The Morgan fingerprint density at radius 1 is 1.53 bits per heavy atom. The highest BCUT2D eigenvalue weighted by atomic mass is 35.5. The summed E-state index contributed by atoms with van der Waals surface area (Å²) in [7, 11) is 0. The molecular formula is C9H7ClNO4. The van der Waals surface area contributed by atoms with Crippen LogP contribution in [-0.2, 0) is 0 Å². The Bertz CT molecular complexity index is 421. The summed E-state index contributed by atoms with van der Waals surface area (Å²) in [5, 5.41) is 10.6. The van der Waals surface area contributed by atoms with E-state index in [0.29, 0.717) is 11.5 Å². The maximum absolute atomic E-state index is 10.6. The predicted molar refractivity (Wildman–Crippen MR) is 53.4 cm³/mol. The topological polar surface area (TPSA) is 61.6 Å². The van der Waals surface area contributed by atoms with Crippen LogP contribution < -0.4 is 9.47 Å². The fourth-order valence-electron chi connectivity index (χ4n) is 1.27. The summed E-state index contributed by atoms with van der Waals surface area (Å²) >= 11 is 5.71. The number of ether oxygens (including phenoxy) is 2. The van der Waals surface area contributed by atoms with Gasteiger partial charge in [0.25, 0.3) is 5.69 Å². The highest BCUT2D eigenvalue weighted by molar-refractivity contribution is 6.32. The second-order valence-electron chi connectivity index (χ2n) is 3.06. The van der Waals surface area contributed by atoms with E-state index in [2.05, 4.69) is 6.92 Å². The van der Waals surface area contributed by atoms with E-state index in [-0.39, 0.29) is 23.4 Å². The Balaban J connectivity index is 2.46. The normalized spacial score (nSPS) is 18.7. The third-order valence-electron chi connectivity index (χ3n) is 1.93. The minimum absolute atomic E-state index is 0.0245. The van der Waals surface area contributed by atoms with Gasteiger partial charge in [0.1, 0.15) is 17.7 Å². The number of rotatable bonds is 1. The summed E-state index contributed by atoms with van der Waals surface area (Å²) in [5.41, 5.74) is -0.193. The van der Waals surface area contributed by atoms with Gasteiger partial charge in [-0.15, -0.1) is 0 Å². The number of benzene rings is 1. The van der Waals surface area contributed by atoms with Crippen molar-refractivity contribution >= 4 is 17.3 Å². The number of fused-ring (bicyclic) bond motifs is 1. The van der Waals surface area contributed by atoms with Gasteiger partial charge in [0.05, 0.1) is 11.0 Å². The zero-order chi connectivity index (χ0) is 11.0. The van der Waals surface area contributed by atoms with Gasteiger partial charge in [-0.1, -0.05) is 11.6 Å². The molecule has 0 bridgehead atoms. The molecule has 79 valence electrons. The van der Waals surface area contributed by atoms with E-state index in [0.717, 1.165) is 0 Å². The zero-order valence-corrected chi connectivity index (χ0v) is 8.36. The molecule has 1 aliphatic heterocycles. The fraction of sp³-hybridized carbons (Fsp3) is 0.222. The van der Waals surface area contributed by atoms with E-state index < -0.39 is 4.92 Å². The van der Waals surface area contributed by atoms with Crippen molar-refractivity contribution in [1.82, 2.24) is 0 Å². The van der Waals surface area contributed by atoms with E-state index in [1.165, 1.54) is 12.1 Å². The second-order valence-corrected chi connectivity index (χ2v) is 3.47. The summed E-state index contributed by atoms with van der Waals surface area (Å²) in [5.74, 6) is 0.711. The summed E-state index contributed by atoms with van der Waals surface area (Å²) in [6.45, 7) is 3.93. The van der Waals surface area contributed by atoms with Gasteiger partial charge in [-0.25, -0.2) is 0 Å². The van der Waals surface area contributed by atoms with E-state index in [1.54, 1.807) is 0 Å². The first-order valence-corrected chi connectivity index (χ1v) is 4.56. The number of nitrogens with zero attached hydrogens (tertiary/aromatic N) is 1. The average Bonchev–Trinajstić information content (AvgIpc) is 2.15. The van der Waals surface area contributed by atoms with Crippen molar-refractivity contribution < 1.29 is 14.4 Å². The van der Waals surface area contributed by atoms with Crippen LogP contribution in [0.4, 0.5) is 5.69 Å². The Kier molecular flexibility index (Phi) is 2.40. The lowest BCUT2D eigenvalue weighted by Gasteiger charge is -2.23. The number of nitro benzene ring substituents is 1. The van der Waals surface area contributed by atoms with Crippen molar-refractivity contribution in [3.05, 3.63) is 34.2 Å². The molecule has 0 saturated carbocycles. The van der Waals surface area contributed by atoms with Crippen LogP contribution in [0.5, 0.6) is 11.5 Å². The molecule has 0 aliphatic carbocycles. The molecule has 1 atom stereocenters. The second kappa shape index (κ2) is 3.58. The lowest BCUT2D eigenvalue weighted by atomic mass is 10.2. The van der Waals surface area contributed by atoms with Crippen LogP contribution in [0.3, 0.4) is 0 Å². The van der Waals surface area contributed by atoms with Crippen LogP contribution in [0.2, 0.25) is 5.02 Å². The first-order valence-electron chi connectivity index (χ1n) is 4.18. The zero-order valence-electron chi connectivity index (χ0n) is 7.60. The van der Waals surface area contributed by atoms with Crippen molar-refractivity contribution in [2.45, 2.75) is 6.10 Å². The van der Waals surface area contributed by atoms with Crippen molar-refractivity contribution in [2.75, 3.05) is 6.61 Å². The predicted octanol–water partition coefficient (Wildman–Crippen LogP) is 2.22. The maximum Gasteiger partial charge on any atom is 0.291 e. The Morgan fingerprint density at radius 2 is 2.27 bits per heavy atom. The quantitative estimate of drug-likeness (QED) is 0.546. The average molecular weight is 229 g/mol. The molecule has 1 heterocycles. The van der Waals surface area contributed by atoms with Gasteiger partial charge in [-0.2, -0.15) is 0 Å². The lowest BCUT2D eigenvalue weighted by molar-refractivity contribution is -0.384. The van der Waals surface area contributed by atoms with Crippen LogP contribution in [-0.4, -0.2) is 17.6 Å².